The number of fused-ring (bicyclic) bond motifs is 1. The van der Waals surface area contributed by atoms with Crippen molar-refractivity contribution < 1.29 is 4.42 Å². The SMILES string of the molecule is CN=C(NCc1nc2ccccc2n1C)NCC(c1ccco1)N1CCCC1.I. The Morgan fingerprint density at radius 1 is 1.17 bits per heavy atom. The van der Waals surface area contributed by atoms with Gasteiger partial charge in [-0.05, 0) is 50.2 Å². The number of aromatic nitrogens is 2. The lowest BCUT2D eigenvalue weighted by Gasteiger charge is -2.26. The van der Waals surface area contributed by atoms with Gasteiger partial charge >= 0.3 is 0 Å². The molecule has 29 heavy (non-hydrogen) atoms. The van der Waals surface area contributed by atoms with Gasteiger partial charge in [0, 0.05) is 20.6 Å². The van der Waals surface area contributed by atoms with E-state index < -0.39 is 0 Å². The van der Waals surface area contributed by atoms with Crippen LogP contribution in [0.25, 0.3) is 11.0 Å². The first-order valence-electron chi connectivity index (χ1n) is 9.88. The Balaban J connectivity index is 0.00000240. The van der Waals surface area contributed by atoms with Crippen molar-refractivity contribution in [1.29, 1.82) is 0 Å². The molecule has 3 aromatic rings. The smallest absolute Gasteiger partial charge is 0.191 e. The van der Waals surface area contributed by atoms with Crippen LogP contribution >= 0.6 is 24.0 Å². The third-order valence-corrected chi connectivity index (χ3v) is 5.43. The van der Waals surface area contributed by atoms with Crippen molar-refractivity contribution in [2.24, 2.45) is 12.0 Å². The topological polar surface area (TPSA) is 70.6 Å². The molecule has 7 nitrogen and oxygen atoms in total. The second-order valence-electron chi connectivity index (χ2n) is 7.16. The number of halogens is 1. The van der Waals surface area contributed by atoms with Gasteiger partial charge in [-0.2, -0.15) is 0 Å². The third-order valence-electron chi connectivity index (χ3n) is 5.43. The summed E-state index contributed by atoms with van der Waals surface area (Å²) in [5.41, 5.74) is 2.14. The average molecular weight is 508 g/mol. The van der Waals surface area contributed by atoms with E-state index in [4.69, 9.17) is 9.40 Å². The van der Waals surface area contributed by atoms with E-state index in [1.54, 1.807) is 13.3 Å². The number of benzene rings is 1. The summed E-state index contributed by atoms with van der Waals surface area (Å²) in [4.78, 5) is 11.6. The largest absolute Gasteiger partial charge is 0.468 e. The van der Waals surface area contributed by atoms with Crippen LogP contribution in [0, 0.1) is 0 Å². The van der Waals surface area contributed by atoms with Gasteiger partial charge in [0.15, 0.2) is 5.96 Å². The van der Waals surface area contributed by atoms with Crippen LogP contribution in [0.2, 0.25) is 0 Å². The number of para-hydroxylation sites is 2. The molecule has 1 aromatic carbocycles. The number of rotatable bonds is 6. The van der Waals surface area contributed by atoms with Gasteiger partial charge in [-0.15, -0.1) is 24.0 Å². The number of imidazole rings is 1. The van der Waals surface area contributed by atoms with Gasteiger partial charge in [-0.3, -0.25) is 9.89 Å². The van der Waals surface area contributed by atoms with E-state index in [9.17, 15) is 0 Å². The first kappa shape index (κ1) is 21.6. The Morgan fingerprint density at radius 3 is 2.66 bits per heavy atom. The van der Waals surface area contributed by atoms with Crippen molar-refractivity contribution in [3.8, 4) is 0 Å². The minimum absolute atomic E-state index is 0. The van der Waals surface area contributed by atoms with Gasteiger partial charge in [-0.25, -0.2) is 4.98 Å². The van der Waals surface area contributed by atoms with E-state index in [-0.39, 0.29) is 30.0 Å². The highest BCUT2D eigenvalue weighted by Gasteiger charge is 2.25. The number of likely N-dealkylation sites (tertiary alicyclic amines) is 1. The van der Waals surface area contributed by atoms with Gasteiger partial charge < -0.3 is 19.6 Å². The number of furan rings is 1. The van der Waals surface area contributed by atoms with Crippen molar-refractivity contribution in [2.45, 2.75) is 25.4 Å². The maximum Gasteiger partial charge on any atom is 0.191 e. The maximum atomic E-state index is 5.70. The van der Waals surface area contributed by atoms with Crippen molar-refractivity contribution in [1.82, 2.24) is 25.1 Å². The predicted octanol–water partition coefficient (Wildman–Crippen LogP) is 3.29. The quantitative estimate of drug-likeness (QED) is 0.304. The summed E-state index contributed by atoms with van der Waals surface area (Å²) in [6.07, 6.45) is 4.24. The van der Waals surface area contributed by atoms with Crippen molar-refractivity contribution in [2.75, 3.05) is 26.7 Å². The standard InChI is InChI=1S/C21H28N6O.HI/c1-22-21(24-15-20-25-16-8-3-4-9-17(16)26(20)2)23-14-18(19-10-7-13-28-19)27-11-5-6-12-27;/h3-4,7-10,13,18H,5-6,11-12,14-15H2,1-2H3,(H2,22,23,24);1H. The summed E-state index contributed by atoms with van der Waals surface area (Å²) in [5, 5.41) is 6.84. The molecule has 0 radical (unpaired) electrons. The monoisotopic (exact) mass is 508 g/mol. The molecular formula is C21H29IN6O. The van der Waals surface area contributed by atoms with Crippen LogP contribution in [0.4, 0.5) is 0 Å². The molecule has 0 aliphatic carbocycles. The number of nitrogens with one attached hydrogen (secondary N) is 2. The Bertz CT molecular complexity index is 930. The highest BCUT2D eigenvalue weighted by molar-refractivity contribution is 14.0. The fourth-order valence-electron chi connectivity index (χ4n) is 3.87. The minimum Gasteiger partial charge on any atom is -0.468 e. The average Bonchev–Trinajstić information content (AvgIpc) is 3.48. The molecule has 4 rings (SSSR count). The van der Waals surface area contributed by atoms with Crippen LogP contribution in [0.5, 0.6) is 0 Å². The highest BCUT2D eigenvalue weighted by atomic mass is 127. The van der Waals surface area contributed by atoms with Crippen LogP contribution in [-0.4, -0.2) is 47.1 Å². The molecule has 156 valence electrons. The van der Waals surface area contributed by atoms with Gasteiger partial charge in [0.25, 0.3) is 0 Å². The lowest BCUT2D eigenvalue weighted by Crippen LogP contribution is -2.42. The van der Waals surface area contributed by atoms with Gasteiger partial charge in [0.1, 0.15) is 11.6 Å². The lowest BCUT2D eigenvalue weighted by molar-refractivity contribution is 0.215. The summed E-state index contributed by atoms with van der Waals surface area (Å²) >= 11 is 0. The molecule has 0 amide bonds. The number of guanidine groups is 1. The number of nitrogens with zero attached hydrogens (tertiary/aromatic N) is 4. The number of aryl methyl sites for hydroxylation is 1. The Hall–Kier alpha value is -2.07. The normalized spacial score (nSPS) is 16.0. The first-order chi connectivity index (χ1) is 13.8. The zero-order valence-electron chi connectivity index (χ0n) is 17.0. The van der Waals surface area contributed by atoms with Crippen LogP contribution in [0.3, 0.4) is 0 Å². The molecule has 1 aliphatic heterocycles. The summed E-state index contributed by atoms with van der Waals surface area (Å²) in [7, 11) is 3.84. The fraction of sp³-hybridized carbons (Fsp3) is 0.429. The lowest BCUT2D eigenvalue weighted by atomic mass is 10.2. The van der Waals surface area contributed by atoms with Gasteiger partial charge in [0.2, 0.25) is 0 Å². The molecule has 1 fully saturated rings. The maximum absolute atomic E-state index is 5.70. The van der Waals surface area contributed by atoms with Crippen molar-refractivity contribution in [3.05, 3.63) is 54.2 Å². The van der Waals surface area contributed by atoms with Crippen LogP contribution in [0.15, 0.2) is 52.1 Å². The molecule has 8 heteroatoms. The first-order valence-corrected chi connectivity index (χ1v) is 9.88. The van der Waals surface area contributed by atoms with Crippen molar-refractivity contribution in [3.63, 3.8) is 0 Å². The van der Waals surface area contributed by atoms with E-state index in [2.05, 4.69) is 37.2 Å². The molecule has 0 spiro atoms. The zero-order chi connectivity index (χ0) is 19.3. The fourth-order valence-corrected chi connectivity index (χ4v) is 3.87. The van der Waals surface area contributed by atoms with Gasteiger partial charge in [0.05, 0.1) is 29.9 Å². The summed E-state index contributed by atoms with van der Waals surface area (Å²) in [6.45, 7) is 3.58. The predicted molar refractivity (Wildman–Crippen MR) is 127 cm³/mol. The molecule has 2 aromatic heterocycles. The van der Waals surface area contributed by atoms with E-state index in [0.29, 0.717) is 6.54 Å². The second kappa shape index (κ2) is 10.1. The Labute approximate surface area is 188 Å². The molecule has 1 aliphatic rings. The summed E-state index contributed by atoms with van der Waals surface area (Å²) in [6, 6.07) is 12.4. The van der Waals surface area contributed by atoms with E-state index in [1.165, 1.54) is 12.8 Å². The Kier molecular flexibility index (Phi) is 7.54. The number of hydrogen-bond donors (Lipinski definition) is 2. The van der Waals surface area contributed by atoms with Gasteiger partial charge in [-0.1, -0.05) is 12.1 Å². The molecule has 1 unspecified atom stereocenters. The third kappa shape index (κ3) is 4.92. The van der Waals surface area contributed by atoms with Crippen LogP contribution in [-0.2, 0) is 13.6 Å². The van der Waals surface area contributed by atoms with Crippen LogP contribution < -0.4 is 10.6 Å². The molecule has 0 saturated carbocycles. The molecule has 2 N–H and O–H groups in total. The van der Waals surface area contributed by atoms with E-state index >= 15 is 0 Å². The van der Waals surface area contributed by atoms with E-state index in [1.807, 2.05) is 31.3 Å². The highest BCUT2D eigenvalue weighted by Crippen LogP contribution is 2.24. The molecule has 1 atom stereocenters. The van der Waals surface area contributed by atoms with E-state index in [0.717, 1.165) is 48.2 Å². The Morgan fingerprint density at radius 2 is 1.97 bits per heavy atom. The second-order valence-corrected chi connectivity index (χ2v) is 7.16. The molecule has 1 saturated heterocycles. The molecule has 0 bridgehead atoms. The summed E-state index contributed by atoms with van der Waals surface area (Å²) in [5.74, 6) is 2.74. The van der Waals surface area contributed by atoms with Crippen molar-refractivity contribution >= 4 is 41.0 Å². The number of hydrogen-bond acceptors (Lipinski definition) is 4. The number of aliphatic imine (C=N–C) groups is 1. The van der Waals surface area contributed by atoms with Crippen LogP contribution in [0.1, 0.15) is 30.5 Å². The minimum atomic E-state index is 0. The molecule has 3 heterocycles. The zero-order valence-corrected chi connectivity index (χ0v) is 19.3. The molecular weight excluding hydrogens is 479 g/mol. The summed E-state index contributed by atoms with van der Waals surface area (Å²) < 4.78 is 7.81.